The number of ether oxygens (including phenoxy) is 1. The first-order valence-electron chi connectivity index (χ1n) is 8.34. The zero-order valence-corrected chi connectivity index (χ0v) is 13.9. The van der Waals surface area contributed by atoms with Crippen molar-refractivity contribution in [1.82, 2.24) is 9.55 Å². The van der Waals surface area contributed by atoms with Crippen LogP contribution in [0.5, 0.6) is 0 Å². The second-order valence-corrected chi connectivity index (χ2v) is 5.95. The predicted molar refractivity (Wildman–Crippen MR) is 95.1 cm³/mol. The van der Waals surface area contributed by atoms with Crippen molar-refractivity contribution >= 4 is 16.9 Å². The fourth-order valence-corrected chi connectivity index (χ4v) is 2.97. The van der Waals surface area contributed by atoms with Crippen molar-refractivity contribution in [3.63, 3.8) is 0 Å². The summed E-state index contributed by atoms with van der Waals surface area (Å²) >= 11 is 0. The summed E-state index contributed by atoms with van der Waals surface area (Å²) in [5.41, 5.74) is 3.06. The molecule has 1 aromatic carbocycles. The average molecular weight is 322 g/mol. The summed E-state index contributed by atoms with van der Waals surface area (Å²) < 4.78 is 7.02. The third-order valence-corrected chi connectivity index (χ3v) is 4.28. The Kier molecular flexibility index (Phi) is 5.26. The van der Waals surface area contributed by atoms with Crippen LogP contribution in [0.25, 0.3) is 10.9 Å². The average Bonchev–Trinajstić information content (AvgIpc) is 3.04. The molecule has 4 heteroatoms. The lowest BCUT2D eigenvalue weighted by Crippen LogP contribution is -2.01. The van der Waals surface area contributed by atoms with Crippen molar-refractivity contribution in [2.75, 3.05) is 7.11 Å². The molecule has 2 heterocycles. The van der Waals surface area contributed by atoms with E-state index in [1.165, 1.54) is 25.5 Å². The van der Waals surface area contributed by atoms with Crippen LogP contribution in [0, 0.1) is 0 Å². The SMILES string of the molecule is COC(=O)c1ccc2c(ccn2CCCCCc2cccnc2)c1. The van der Waals surface area contributed by atoms with Gasteiger partial charge in [0.25, 0.3) is 0 Å². The maximum absolute atomic E-state index is 11.6. The molecule has 0 bridgehead atoms. The number of pyridine rings is 1. The maximum atomic E-state index is 11.6. The first-order valence-corrected chi connectivity index (χ1v) is 8.34. The van der Waals surface area contributed by atoms with Crippen LogP contribution in [-0.2, 0) is 17.7 Å². The van der Waals surface area contributed by atoms with Gasteiger partial charge in [-0.15, -0.1) is 0 Å². The number of rotatable bonds is 7. The zero-order valence-electron chi connectivity index (χ0n) is 13.9. The summed E-state index contributed by atoms with van der Waals surface area (Å²) in [4.78, 5) is 15.7. The molecule has 0 saturated heterocycles. The molecule has 0 saturated carbocycles. The van der Waals surface area contributed by atoms with Gasteiger partial charge < -0.3 is 9.30 Å². The minimum Gasteiger partial charge on any atom is -0.465 e. The van der Waals surface area contributed by atoms with Crippen LogP contribution in [0.3, 0.4) is 0 Å². The number of nitrogens with zero attached hydrogens (tertiary/aromatic N) is 2. The van der Waals surface area contributed by atoms with Crippen LogP contribution in [-0.4, -0.2) is 22.6 Å². The molecular formula is C20H22N2O2. The van der Waals surface area contributed by atoms with E-state index in [4.69, 9.17) is 4.74 Å². The van der Waals surface area contributed by atoms with E-state index in [1.54, 1.807) is 0 Å². The van der Waals surface area contributed by atoms with Crippen LogP contribution >= 0.6 is 0 Å². The van der Waals surface area contributed by atoms with Gasteiger partial charge in [-0.25, -0.2) is 4.79 Å². The smallest absolute Gasteiger partial charge is 0.337 e. The fraction of sp³-hybridized carbons (Fsp3) is 0.300. The summed E-state index contributed by atoms with van der Waals surface area (Å²) in [6.07, 6.45) is 10.4. The van der Waals surface area contributed by atoms with Gasteiger partial charge in [0.2, 0.25) is 0 Å². The minimum absolute atomic E-state index is 0.292. The van der Waals surface area contributed by atoms with E-state index in [2.05, 4.69) is 27.9 Å². The van der Waals surface area contributed by atoms with Gasteiger partial charge in [-0.1, -0.05) is 12.5 Å². The Morgan fingerprint density at radius 2 is 2.08 bits per heavy atom. The maximum Gasteiger partial charge on any atom is 0.337 e. The largest absolute Gasteiger partial charge is 0.465 e. The number of carbonyl (C=O) groups is 1. The van der Waals surface area contributed by atoms with Gasteiger partial charge in [0, 0.05) is 36.0 Å². The number of benzene rings is 1. The minimum atomic E-state index is -0.292. The quantitative estimate of drug-likeness (QED) is 0.483. The highest BCUT2D eigenvalue weighted by molar-refractivity contribution is 5.94. The standard InChI is InChI=1S/C20H22N2O2/c1-24-20(23)18-8-9-19-17(14-18)10-13-22(19)12-4-2-3-6-16-7-5-11-21-15-16/h5,7-11,13-15H,2-4,6,12H2,1H3. The van der Waals surface area contributed by atoms with Gasteiger partial charge in [-0.2, -0.15) is 0 Å². The Labute approximate surface area is 142 Å². The van der Waals surface area contributed by atoms with Crippen molar-refractivity contribution in [1.29, 1.82) is 0 Å². The lowest BCUT2D eigenvalue weighted by atomic mass is 10.1. The Morgan fingerprint density at radius 1 is 1.17 bits per heavy atom. The molecule has 2 aromatic heterocycles. The molecule has 0 atom stereocenters. The number of hydrogen-bond acceptors (Lipinski definition) is 3. The highest BCUT2D eigenvalue weighted by atomic mass is 16.5. The number of hydrogen-bond donors (Lipinski definition) is 0. The number of methoxy groups -OCH3 is 1. The lowest BCUT2D eigenvalue weighted by Gasteiger charge is -2.06. The highest BCUT2D eigenvalue weighted by Gasteiger charge is 2.08. The Hall–Kier alpha value is -2.62. The number of esters is 1. The lowest BCUT2D eigenvalue weighted by molar-refractivity contribution is 0.0601. The van der Waals surface area contributed by atoms with E-state index < -0.39 is 0 Å². The topological polar surface area (TPSA) is 44.1 Å². The zero-order chi connectivity index (χ0) is 16.8. The molecule has 0 aliphatic rings. The Balaban J connectivity index is 1.53. The van der Waals surface area contributed by atoms with E-state index in [0.717, 1.165) is 30.3 Å². The molecule has 4 nitrogen and oxygen atoms in total. The van der Waals surface area contributed by atoms with E-state index in [0.29, 0.717) is 5.56 Å². The van der Waals surface area contributed by atoms with Crippen molar-refractivity contribution in [2.24, 2.45) is 0 Å². The molecule has 0 N–H and O–H groups in total. The van der Waals surface area contributed by atoms with E-state index in [1.807, 2.05) is 36.7 Å². The molecule has 0 radical (unpaired) electrons. The molecule has 3 rings (SSSR count). The van der Waals surface area contributed by atoms with Crippen molar-refractivity contribution in [2.45, 2.75) is 32.2 Å². The van der Waals surface area contributed by atoms with Gasteiger partial charge in [0.05, 0.1) is 12.7 Å². The third-order valence-electron chi connectivity index (χ3n) is 4.28. The second-order valence-electron chi connectivity index (χ2n) is 5.95. The number of aryl methyl sites for hydroxylation is 2. The predicted octanol–water partition coefficient (Wildman–Crippen LogP) is 4.24. The van der Waals surface area contributed by atoms with E-state index >= 15 is 0 Å². The molecule has 124 valence electrons. The van der Waals surface area contributed by atoms with Gasteiger partial charge >= 0.3 is 5.97 Å². The van der Waals surface area contributed by atoms with Gasteiger partial charge in [0.1, 0.15) is 0 Å². The van der Waals surface area contributed by atoms with Crippen LogP contribution in [0.1, 0.15) is 35.2 Å². The van der Waals surface area contributed by atoms with Crippen molar-refractivity contribution < 1.29 is 9.53 Å². The van der Waals surface area contributed by atoms with Crippen LogP contribution < -0.4 is 0 Å². The highest BCUT2D eigenvalue weighted by Crippen LogP contribution is 2.19. The van der Waals surface area contributed by atoms with Crippen LogP contribution in [0.2, 0.25) is 0 Å². The molecule has 24 heavy (non-hydrogen) atoms. The molecule has 0 fully saturated rings. The summed E-state index contributed by atoms with van der Waals surface area (Å²) in [6.45, 7) is 0.994. The van der Waals surface area contributed by atoms with Crippen LogP contribution in [0.15, 0.2) is 55.0 Å². The fourth-order valence-electron chi connectivity index (χ4n) is 2.97. The molecule has 3 aromatic rings. The number of fused-ring (bicyclic) bond motifs is 1. The Bertz CT molecular complexity index is 809. The van der Waals surface area contributed by atoms with Gasteiger partial charge in [0.15, 0.2) is 0 Å². The van der Waals surface area contributed by atoms with Crippen LogP contribution in [0.4, 0.5) is 0 Å². The molecule has 0 aliphatic carbocycles. The molecule has 0 spiro atoms. The van der Waals surface area contributed by atoms with Gasteiger partial charge in [-0.05, 0) is 55.2 Å². The monoisotopic (exact) mass is 322 g/mol. The van der Waals surface area contributed by atoms with E-state index in [-0.39, 0.29) is 5.97 Å². The summed E-state index contributed by atoms with van der Waals surface area (Å²) in [7, 11) is 1.41. The molecule has 0 aliphatic heterocycles. The number of unbranched alkanes of at least 4 members (excludes halogenated alkanes) is 2. The van der Waals surface area contributed by atoms with Crippen molar-refractivity contribution in [3.05, 3.63) is 66.1 Å². The second kappa shape index (κ2) is 7.77. The number of aromatic nitrogens is 2. The first-order chi connectivity index (χ1) is 11.8. The third kappa shape index (κ3) is 3.82. The number of carbonyl (C=O) groups excluding carboxylic acids is 1. The Morgan fingerprint density at radius 3 is 2.88 bits per heavy atom. The van der Waals surface area contributed by atoms with Crippen molar-refractivity contribution in [3.8, 4) is 0 Å². The molecule has 0 amide bonds. The summed E-state index contributed by atoms with van der Waals surface area (Å²) in [6, 6.07) is 11.9. The summed E-state index contributed by atoms with van der Waals surface area (Å²) in [5, 5.41) is 1.08. The normalized spacial score (nSPS) is 10.9. The first kappa shape index (κ1) is 16.2. The van der Waals surface area contributed by atoms with E-state index in [9.17, 15) is 4.79 Å². The summed E-state index contributed by atoms with van der Waals surface area (Å²) in [5.74, 6) is -0.292. The molecular weight excluding hydrogens is 300 g/mol. The van der Waals surface area contributed by atoms with Gasteiger partial charge in [-0.3, -0.25) is 4.98 Å². The molecule has 0 unspecified atom stereocenters.